The molecule has 2 aliphatic heterocycles. The molecule has 110 valence electrons. The van der Waals surface area contributed by atoms with Crippen LogP contribution < -0.4 is 10.6 Å². The van der Waals surface area contributed by atoms with Gasteiger partial charge in [-0.1, -0.05) is 12.1 Å². The topological polar surface area (TPSA) is 32.5 Å². The van der Waals surface area contributed by atoms with Crippen LogP contribution in [0.4, 0.5) is 10.1 Å². The van der Waals surface area contributed by atoms with Crippen molar-refractivity contribution in [2.45, 2.75) is 38.3 Å². The smallest absolute Gasteiger partial charge is 0.146 e. The van der Waals surface area contributed by atoms with Crippen LogP contribution in [0.25, 0.3) is 0 Å². The van der Waals surface area contributed by atoms with E-state index in [4.69, 9.17) is 5.73 Å². The molecule has 0 saturated carbocycles. The second-order valence-electron chi connectivity index (χ2n) is 6.21. The molecule has 1 aromatic carbocycles. The number of hydrogen-bond donors (Lipinski definition) is 1. The third kappa shape index (κ3) is 2.67. The molecule has 2 aliphatic rings. The summed E-state index contributed by atoms with van der Waals surface area (Å²) in [6.07, 6.45) is 3.26. The van der Waals surface area contributed by atoms with E-state index in [0.29, 0.717) is 6.04 Å². The first-order chi connectivity index (χ1) is 9.65. The van der Waals surface area contributed by atoms with Crippen molar-refractivity contribution in [1.29, 1.82) is 0 Å². The average Bonchev–Trinajstić information content (AvgIpc) is 2.85. The fraction of sp³-hybridized carbons (Fsp3) is 0.625. The van der Waals surface area contributed by atoms with Gasteiger partial charge in [-0.2, -0.15) is 0 Å². The minimum Gasteiger partial charge on any atom is -0.366 e. The minimum atomic E-state index is -0.102. The van der Waals surface area contributed by atoms with Crippen molar-refractivity contribution in [2.24, 2.45) is 5.73 Å². The Bertz CT molecular complexity index is 475. The summed E-state index contributed by atoms with van der Waals surface area (Å²) >= 11 is 0. The molecule has 0 bridgehead atoms. The number of fused-ring (bicyclic) bond motifs is 1. The number of para-hydroxylation sites is 1. The quantitative estimate of drug-likeness (QED) is 0.917. The van der Waals surface area contributed by atoms with Gasteiger partial charge in [-0.25, -0.2) is 4.39 Å². The molecule has 2 atom stereocenters. The van der Waals surface area contributed by atoms with Gasteiger partial charge in [0.2, 0.25) is 0 Å². The molecule has 2 unspecified atom stereocenters. The van der Waals surface area contributed by atoms with Crippen LogP contribution >= 0.6 is 0 Å². The summed E-state index contributed by atoms with van der Waals surface area (Å²) in [7, 11) is 0. The summed E-state index contributed by atoms with van der Waals surface area (Å²) in [4.78, 5) is 4.78. The summed E-state index contributed by atoms with van der Waals surface area (Å²) in [5.74, 6) is -0.102. The summed E-state index contributed by atoms with van der Waals surface area (Å²) in [6.45, 7) is 6.11. The standard InChI is InChI=1S/C16H24FN3/c1-12(18)10-13-4-2-6-15(17)16(13)20-9-8-19-7-3-5-14(19)11-20/h2,4,6,12,14H,3,5,7-11,18H2,1H3. The van der Waals surface area contributed by atoms with Gasteiger partial charge in [-0.05, 0) is 44.4 Å². The average molecular weight is 277 g/mol. The van der Waals surface area contributed by atoms with Crippen LogP contribution in [0.2, 0.25) is 0 Å². The zero-order valence-corrected chi connectivity index (χ0v) is 12.2. The van der Waals surface area contributed by atoms with Gasteiger partial charge in [0.15, 0.2) is 0 Å². The minimum absolute atomic E-state index is 0.0586. The maximum Gasteiger partial charge on any atom is 0.146 e. The fourth-order valence-corrected chi connectivity index (χ4v) is 3.62. The number of halogens is 1. The van der Waals surface area contributed by atoms with Gasteiger partial charge in [-0.3, -0.25) is 4.90 Å². The third-order valence-electron chi connectivity index (χ3n) is 4.52. The van der Waals surface area contributed by atoms with Gasteiger partial charge in [0.25, 0.3) is 0 Å². The van der Waals surface area contributed by atoms with Crippen LogP contribution in [-0.2, 0) is 6.42 Å². The van der Waals surface area contributed by atoms with Gasteiger partial charge in [0.05, 0.1) is 5.69 Å². The summed E-state index contributed by atoms with van der Waals surface area (Å²) in [6, 6.07) is 6.04. The Balaban J connectivity index is 1.85. The molecular formula is C16H24FN3. The first-order valence-electron chi connectivity index (χ1n) is 7.67. The van der Waals surface area contributed by atoms with E-state index < -0.39 is 0 Å². The van der Waals surface area contributed by atoms with E-state index in [1.54, 1.807) is 12.1 Å². The molecule has 3 rings (SSSR count). The predicted molar refractivity (Wildman–Crippen MR) is 80.6 cm³/mol. The monoisotopic (exact) mass is 277 g/mol. The lowest BCUT2D eigenvalue weighted by Gasteiger charge is -2.39. The Labute approximate surface area is 120 Å². The Morgan fingerprint density at radius 2 is 2.20 bits per heavy atom. The highest BCUT2D eigenvalue weighted by molar-refractivity contribution is 5.56. The van der Waals surface area contributed by atoms with Crippen LogP contribution in [0.5, 0.6) is 0 Å². The number of piperazine rings is 1. The molecule has 0 aliphatic carbocycles. The van der Waals surface area contributed by atoms with Gasteiger partial charge in [0.1, 0.15) is 5.82 Å². The molecule has 1 aromatic rings. The van der Waals surface area contributed by atoms with Gasteiger partial charge < -0.3 is 10.6 Å². The van der Waals surface area contributed by atoms with Crippen molar-refractivity contribution >= 4 is 5.69 Å². The number of hydrogen-bond acceptors (Lipinski definition) is 3. The first kappa shape index (κ1) is 13.8. The predicted octanol–water partition coefficient (Wildman–Crippen LogP) is 2.00. The maximum absolute atomic E-state index is 14.3. The number of rotatable bonds is 3. The van der Waals surface area contributed by atoms with Crippen LogP contribution in [0.15, 0.2) is 18.2 Å². The van der Waals surface area contributed by atoms with Gasteiger partial charge in [-0.15, -0.1) is 0 Å². The van der Waals surface area contributed by atoms with Crippen LogP contribution in [-0.4, -0.2) is 43.2 Å². The third-order valence-corrected chi connectivity index (χ3v) is 4.52. The molecule has 0 spiro atoms. The lowest BCUT2D eigenvalue weighted by molar-refractivity contribution is 0.230. The van der Waals surface area contributed by atoms with Gasteiger partial charge in [0, 0.05) is 31.7 Å². The maximum atomic E-state index is 14.3. The Kier molecular flexibility index (Phi) is 3.94. The van der Waals surface area contributed by atoms with E-state index in [9.17, 15) is 4.39 Å². The van der Waals surface area contributed by atoms with Crippen molar-refractivity contribution in [3.63, 3.8) is 0 Å². The van der Waals surface area contributed by atoms with E-state index in [1.807, 2.05) is 13.0 Å². The Morgan fingerprint density at radius 1 is 1.35 bits per heavy atom. The van der Waals surface area contributed by atoms with Crippen LogP contribution in [0, 0.1) is 5.82 Å². The lowest BCUT2D eigenvalue weighted by atomic mass is 10.0. The van der Waals surface area contributed by atoms with E-state index in [2.05, 4.69) is 9.80 Å². The number of anilines is 1. The normalized spacial score (nSPS) is 24.8. The molecule has 2 fully saturated rings. The molecule has 0 radical (unpaired) electrons. The first-order valence-corrected chi connectivity index (χ1v) is 7.67. The largest absolute Gasteiger partial charge is 0.366 e. The zero-order valence-electron chi connectivity index (χ0n) is 12.2. The van der Waals surface area contributed by atoms with Crippen LogP contribution in [0.1, 0.15) is 25.3 Å². The highest BCUT2D eigenvalue weighted by atomic mass is 19.1. The second-order valence-corrected chi connectivity index (χ2v) is 6.21. The molecule has 3 nitrogen and oxygen atoms in total. The van der Waals surface area contributed by atoms with Gasteiger partial charge >= 0.3 is 0 Å². The fourth-order valence-electron chi connectivity index (χ4n) is 3.62. The molecule has 20 heavy (non-hydrogen) atoms. The molecular weight excluding hydrogens is 253 g/mol. The van der Waals surface area contributed by atoms with Crippen molar-refractivity contribution in [3.8, 4) is 0 Å². The molecule has 0 aromatic heterocycles. The van der Waals surface area contributed by atoms with Crippen molar-refractivity contribution in [1.82, 2.24) is 4.90 Å². The molecule has 0 amide bonds. The number of benzene rings is 1. The van der Waals surface area contributed by atoms with E-state index >= 15 is 0 Å². The van der Waals surface area contributed by atoms with Crippen molar-refractivity contribution in [3.05, 3.63) is 29.6 Å². The zero-order chi connectivity index (χ0) is 14.1. The lowest BCUT2D eigenvalue weighted by Crippen LogP contribution is -2.50. The molecule has 2 heterocycles. The van der Waals surface area contributed by atoms with E-state index in [1.165, 1.54) is 19.4 Å². The van der Waals surface area contributed by atoms with E-state index in [0.717, 1.165) is 37.3 Å². The van der Waals surface area contributed by atoms with Crippen molar-refractivity contribution < 1.29 is 4.39 Å². The number of nitrogens with two attached hydrogens (primary N) is 1. The van der Waals surface area contributed by atoms with Crippen molar-refractivity contribution in [2.75, 3.05) is 31.1 Å². The van der Waals surface area contributed by atoms with E-state index in [-0.39, 0.29) is 11.9 Å². The summed E-state index contributed by atoms with van der Waals surface area (Å²) in [5, 5.41) is 0. The highest BCUT2D eigenvalue weighted by Crippen LogP contribution is 2.30. The number of nitrogens with zero attached hydrogens (tertiary/aromatic N) is 2. The Hall–Kier alpha value is -1.13. The SMILES string of the molecule is CC(N)Cc1cccc(F)c1N1CCN2CCCC2C1. The highest BCUT2D eigenvalue weighted by Gasteiger charge is 2.32. The molecule has 2 N–H and O–H groups in total. The summed E-state index contributed by atoms with van der Waals surface area (Å²) in [5.41, 5.74) is 7.75. The van der Waals surface area contributed by atoms with Crippen LogP contribution in [0.3, 0.4) is 0 Å². The summed E-state index contributed by atoms with van der Waals surface area (Å²) < 4.78 is 14.3. The molecule has 2 saturated heterocycles. The Morgan fingerprint density at radius 3 is 3.00 bits per heavy atom. The second kappa shape index (κ2) is 5.70. The molecule has 4 heteroatoms.